The molecule has 4 heteroatoms. The molecular weight excluding hydrogens is 288 g/mol. The Labute approximate surface area is 138 Å². The third-order valence-electron chi connectivity index (χ3n) is 5.36. The van der Waals surface area contributed by atoms with Crippen molar-refractivity contribution in [3.8, 4) is 0 Å². The minimum Gasteiger partial charge on any atom is -0.381 e. The highest BCUT2D eigenvalue weighted by atomic mass is 16.5. The Morgan fingerprint density at radius 2 is 2.09 bits per heavy atom. The topological polar surface area (TPSA) is 41.6 Å². The molecule has 1 saturated heterocycles. The van der Waals surface area contributed by atoms with Crippen molar-refractivity contribution in [3.63, 3.8) is 0 Å². The van der Waals surface area contributed by atoms with Crippen LogP contribution in [0.1, 0.15) is 43.2 Å². The minimum absolute atomic E-state index is 0.0818. The fourth-order valence-corrected chi connectivity index (χ4v) is 3.87. The Bertz CT molecular complexity index is 577. The zero-order valence-corrected chi connectivity index (χ0v) is 13.7. The number of aryl methyl sites for hydroxylation is 1. The fraction of sp³-hybridized carbons (Fsp3) is 0.632. The molecule has 0 spiro atoms. The van der Waals surface area contributed by atoms with Crippen LogP contribution in [-0.4, -0.2) is 36.7 Å². The van der Waals surface area contributed by atoms with Gasteiger partial charge in [0, 0.05) is 30.8 Å². The molecule has 2 fully saturated rings. The molecule has 1 saturated carbocycles. The molecule has 124 valence electrons. The number of fused-ring (bicyclic) bond motifs is 1. The zero-order valence-electron chi connectivity index (χ0n) is 13.7. The summed E-state index contributed by atoms with van der Waals surface area (Å²) in [4.78, 5) is 14.9. The summed E-state index contributed by atoms with van der Waals surface area (Å²) < 4.78 is 5.47. The van der Waals surface area contributed by atoms with Gasteiger partial charge in [-0.25, -0.2) is 4.79 Å². The summed E-state index contributed by atoms with van der Waals surface area (Å²) in [6, 6.07) is 6.87. The van der Waals surface area contributed by atoms with Crippen LogP contribution in [0.5, 0.6) is 0 Å². The number of nitrogens with one attached hydrogen (secondary N) is 1. The van der Waals surface area contributed by atoms with Gasteiger partial charge in [0.25, 0.3) is 0 Å². The SMILES string of the molecule is O=C(Nc1cccc2c1CCCC2)N(C[C@@H]1CCOC1)C1CC1. The average Bonchev–Trinajstić information content (AvgIpc) is 3.29. The molecular formula is C19H26N2O2. The summed E-state index contributed by atoms with van der Waals surface area (Å²) in [6.45, 7) is 2.49. The third kappa shape index (κ3) is 3.37. The van der Waals surface area contributed by atoms with Crippen LogP contribution in [0.4, 0.5) is 10.5 Å². The predicted octanol–water partition coefficient (Wildman–Crippen LogP) is 3.60. The van der Waals surface area contributed by atoms with Crippen LogP contribution < -0.4 is 5.32 Å². The van der Waals surface area contributed by atoms with Gasteiger partial charge in [-0.15, -0.1) is 0 Å². The monoisotopic (exact) mass is 314 g/mol. The van der Waals surface area contributed by atoms with E-state index < -0.39 is 0 Å². The van der Waals surface area contributed by atoms with Crippen LogP contribution in [0.25, 0.3) is 0 Å². The molecule has 1 aromatic carbocycles. The fourth-order valence-electron chi connectivity index (χ4n) is 3.87. The predicted molar refractivity (Wildman–Crippen MR) is 90.8 cm³/mol. The van der Waals surface area contributed by atoms with Crippen LogP contribution in [0, 0.1) is 5.92 Å². The highest BCUT2D eigenvalue weighted by Gasteiger charge is 2.35. The second kappa shape index (κ2) is 6.52. The summed E-state index contributed by atoms with van der Waals surface area (Å²) in [5.74, 6) is 0.506. The van der Waals surface area contributed by atoms with Crippen LogP contribution in [0.3, 0.4) is 0 Å². The number of hydrogen-bond donors (Lipinski definition) is 1. The first-order valence-corrected chi connectivity index (χ1v) is 9.07. The molecule has 1 aromatic rings. The van der Waals surface area contributed by atoms with Crippen molar-refractivity contribution in [1.29, 1.82) is 0 Å². The van der Waals surface area contributed by atoms with Gasteiger partial charge in [-0.2, -0.15) is 0 Å². The van der Waals surface area contributed by atoms with E-state index in [1.54, 1.807) is 0 Å². The first kappa shape index (κ1) is 15.0. The van der Waals surface area contributed by atoms with E-state index in [1.807, 2.05) is 0 Å². The van der Waals surface area contributed by atoms with Crippen molar-refractivity contribution in [3.05, 3.63) is 29.3 Å². The molecule has 2 aliphatic carbocycles. The standard InChI is InChI=1S/C19H26N2O2/c22-19(21(16-8-9-16)12-14-10-11-23-13-14)20-18-7-3-5-15-4-1-2-6-17(15)18/h3,5,7,14,16H,1-2,4,6,8-13H2,(H,20,22)/t14-/m0/s1. The second-order valence-electron chi connectivity index (χ2n) is 7.19. The van der Waals surface area contributed by atoms with Crippen LogP contribution in [0.15, 0.2) is 18.2 Å². The van der Waals surface area contributed by atoms with Gasteiger partial charge in [0.15, 0.2) is 0 Å². The molecule has 0 bridgehead atoms. The van der Waals surface area contributed by atoms with Gasteiger partial charge in [-0.1, -0.05) is 12.1 Å². The molecule has 23 heavy (non-hydrogen) atoms. The zero-order chi connectivity index (χ0) is 15.6. The molecule has 1 N–H and O–H groups in total. The molecule has 0 unspecified atom stereocenters. The molecule has 3 aliphatic rings. The van der Waals surface area contributed by atoms with E-state index in [9.17, 15) is 4.79 Å². The largest absolute Gasteiger partial charge is 0.381 e. The Balaban J connectivity index is 1.47. The van der Waals surface area contributed by atoms with Crippen LogP contribution >= 0.6 is 0 Å². The number of hydrogen-bond acceptors (Lipinski definition) is 2. The number of nitrogens with zero attached hydrogens (tertiary/aromatic N) is 1. The maximum atomic E-state index is 12.8. The number of carbonyl (C=O) groups excluding carboxylic acids is 1. The summed E-state index contributed by atoms with van der Waals surface area (Å²) in [7, 11) is 0. The Hall–Kier alpha value is -1.55. The Morgan fingerprint density at radius 3 is 2.87 bits per heavy atom. The van der Waals surface area contributed by atoms with Gasteiger partial charge < -0.3 is 15.0 Å². The lowest BCUT2D eigenvalue weighted by atomic mass is 9.90. The molecule has 4 rings (SSSR count). The van der Waals surface area contributed by atoms with Gasteiger partial charge >= 0.3 is 6.03 Å². The molecule has 1 heterocycles. The summed E-state index contributed by atoms with van der Waals surface area (Å²) in [5, 5.41) is 3.21. The van der Waals surface area contributed by atoms with Crippen molar-refractivity contribution in [2.75, 3.05) is 25.1 Å². The molecule has 4 nitrogen and oxygen atoms in total. The maximum absolute atomic E-state index is 12.8. The van der Waals surface area contributed by atoms with E-state index in [1.165, 1.54) is 24.0 Å². The molecule has 0 radical (unpaired) electrons. The van der Waals surface area contributed by atoms with E-state index in [0.717, 1.165) is 57.6 Å². The van der Waals surface area contributed by atoms with E-state index in [-0.39, 0.29) is 6.03 Å². The Morgan fingerprint density at radius 1 is 1.22 bits per heavy atom. The number of amides is 2. The summed E-state index contributed by atoms with van der Waals surface area (Å²) >= 11 is 0. The first-order chi connectivity index (χ1) is 11.3. The quantitative estimate of drug-likeness (QED) is 0.922. The van der Waals surface area contributed by atoms with Crippen LogP contribution in [0.2, 0.25) is 0 Å². The lowest BCUT2D eigenvalue weighted by Gasteiger charge is -2.27. The van der Waals surface area contributed by atoms with Gasteiger partial charge in [-0.3, -0.25) is 0 Å². The van der Waals surface area contributed by atoms with Crippen molar-refractivity contribution in [1.82, 2.24) is 4.90 Å². The normalized spacial score (nSPS) is 23.4. The number of benzene rings is 1. The summed E-state index contributed by atoms with van der Waals surface area (Å²) in [6.07, 6.45) is 8.10. The summed E-state index contributed by atoms with van der Waals surface area (Å²) in [5.41, 5.74) is 3.80. The first-order valence-electron chi connectivity index (χ1n) is 9.07. The highest BCUT2D eigenvalue weighted by molar-refractivity contribution is 5.91. The van der Waals surface area contributed by atoms with Crippen molar-refractivity contribution < 1.29 is 9.53 Å². The number of urea groups is 1. The number of carbonyl (C=O) groups is 1. The van der Waals surface area contributed by atoms with Gasteiger partial charge in [0.05, 0.1) is 6.61 Å². The van der Waals surface area contributed by atoms with Gasteiger partial charge in [-0.05, 0) is 62.1 Å². The highest BCUT2D eigenvalue weighted by Crippen LogP contribution is 2.31. The van der Waals surface area contributed by atoms with Crippen LogP contribution in [-0.2, 0) is 17.6 Å². The maximum Gasteiger partial charge on any atom is 0.322 e. The minimum atomic E-state index is 0.0818. The van der Waals surface area contributed by atoms with E-state index >= 15 is 0 Å². The Kier molecular flexibility index (Phi) is 4.25. The number of ether oxygens (including phenoxy) is 1. The molecule has 0 aromatic heterocycles. The van der Waals surface area contributed by atoms with Gasteiger partial charge in [0.2, 0.25) is 0 Å². The number of anilines is 1. The van der Waals surface area contributed by atoms with E-state index in [2.05, 4.69) is 28.4 Å². The van der Waals surface area contributed by atoms with Crippen molar-refractivity contribution in [2.24, 2.45) is 5.92 Å². The molecule has 2 amide bonds. The van der Waals surface area contributed by atoms with Crippen molar-refractivity contribution >= 4 is 11.7 Å². The lowest BCUT2D eigenvalue weighted by molar-refractivity contribution is 0.167. The average molecular weight is 314 g/mol. The lowest BCUT2D eigenvalue weighted by Crippen LogP contribution is -2.40. The molecule has 1 aliphatic heterocycles. The second-order valence-corrected chi connectivity index (χ2v) is 7.19. The van der Waals surface area contributed by atoms with E-state index in [0.29, 0.717) is 12.0 Å². The van der Waals surface area contributed by atoms with E-state index in [4.69, 9.17) is 4.74 Å². The van der Waals surface area contributed by atoms with Crippen molar-refractivity contribution in [2.45, 2.75) is 51.0 Å². The van der Waals surface area contributed by atoms with Gasteiger partial charge in [0.1, 0.15) is 0 Å². The smallest absolute Gasteiger partial charge is 0.322 e. The molecule has 1 atom stereocenters. The number of rotatable bonds is 4. The third-order valence-corrected chi connectivity index (χ3v) is 5.36.